The summed E-state index contributed by atoms with van der Waals surface area (Å²) in [4.78, 5) is 15.1. The molecule has 1 aliphatic heterocycles. The number of nitrogens with zero attached hydrogens (tertiary/aromatic N) is 2. The fourth-order valence-electron chi connectivity index (χ4n) is 2.29. The van der Waals surface area contributed by atoms with Gasteiger partial charge in [-0.1, -0.05) is 0 Å². The van der Waals surface area contributed by atoms with Crippen LogP contribution in [-0.4, -0.2) is 61.0 Å². The second kappa shape index (κ2) is 6.53. The zero-order valence-corrected chi connectivity index (χ0v) is 11.4. The number of rotatable bonds is 4. The van der Waals surface area contributed by atoms with Crippen LogP contribution >= 0.6 is 0 Å². The highest BCUT2D eigenvalue weighted by atomic mass is 19.4. The maximum atomic E-state index is 12.8. The molecule has 1 saturated heterocycles. The Kier molecular flexibility index (Phi) is 4.95. The van der Waals surface area contributed by atoms with Crippen LogP contribution in [0.15, 0.2) is 24.3 Å². The molecule has 0 radical (unpaired) electrons. The number of carbonyl (C=O) groups excluding carboxylic acids is 1. The molecule has 0 spiro atoms. The van der Waals surface area contributed by atoms with E-state index in [2.05, 4.69) is 0 Å². The summed E-state index contributed by atoms with van der Waals surface area (Å²) in [6.07, 6.45) is -4.19. The van der Waals surface area contributed by atoms with E-state index in [1.54, 1.807) is 0 Å². The number of halogens is 4. The molecule has 0 unspecified atom stereocenters. The SMILES string of the molecule is O=C(CN1CCN(CC(F)(F)F)CC1)c1ccc(F)cc1. The van der Waals surface area contributed by atoms with Crippen molar-refractivity contribution in [3.05, 3.63) is 35.6 Å². The van der Waals surface area contributed by atoms with Crippen molar-refractivity contribution in [1.82, 2.24) is 9.80 Å². The summed E-state index contributed by atoms with van der Waals surface area (Å²) in [7, 11) is 0. The van der Waals surface area contributed by atoms with Crippen molar-refractivity contribution in [3.63, 3.8) is 0 Å². The molecule has 1 aliphatic rings. The Morgan fingerprint density at radius 3 is 2.05 bits per heavy atom. The van der Waals surface area contributed by atoms with E-state index in [9.17, 15) is 22.4 Å². The molecule has 1 aromatic carbocycles. The minimum absolute atomic E-state index is 0.144. The summed E-state index contributed by atoms with van der Waals surface area (Å²) in [5, 5.41) is 0. The van der Waals surface area contributed by atoms with Crippen molar-refractivity contribution in [1.29, 1.82) is 0 Å². The molecule has 0 amide bonds. The maximum absolute atomic E-state index is 12.8. The van der Waals surface area contributed by atoms with E-state index in [0.717, 1.165) is 0 Å². The lowest BCUT2D eigenvalue weighted by molar-refractivity contribution is -0.149. The van der Waals surface area contributed by atoms with Gasteiger partial charge in [0.05, 0.1) is 13.1 Å². The zero-order valence-electron chi connectivity index (χ0n) is 11.4. The number of hydrogen-bond donors (Lipinski definition) is 0. The molecule has 2 rings (SSSR count). The molecule has 0 saturated carbocycles. The van der Waals surface area contributed by atoms with Crippen LogP contribution in [0.5, 0.6) is 0 Å². The molecule has 0 aliphatic carbocycles. The van der Waals surface area contributed by atoms with E-state index < -0.39 is 18.5 Å². The standard InChI is InChI=1S/C14H16F4N2O/c15-12-3-1-11(2-4-12)13(21)9-19-5-7-20(8-6-19)10-14(16,17)18/h1-4H,5-10H2. The maximum Gasteiger partial charge on any atom is 0.401 e. The van der Waals surface area contributed by atoms with Gasteiger partial charge >= 0.3 is 6.18 Å². The topological polar surface area (TPSA) is 23.6 Å². The van der Waals surface area contributed by atoms with Gasteiger partial charge < -0.3 is 0 Å². The summed E-state index contributed by atoms with van der Waals surface area (Å²) in [5.41, 5.74) is 0.411. The van der Waals surface area contributed by atoms with Crippen molar-refractivity contribution in [3.8, 4) is 0 Å². The summed E-state index contributed by atoms with van der Waals surface area (Å²) < 4.78 is 49.6. The lowest BCUT2D eigenvalue weighted by atomic mass is 10.1. The van der Waals surface area contributed by atoms with Gasteiger partial charge in [-0.05, 0) is 24.3 Å². The van der Waals surface area contributed by atoms with Gasteiger partial charge in [-0.25, -0.2) is 4.39 Å². The lowest BCUT2D eigenvalue weighted by Crippen LogP contribution is -2.50. The van der Waals surface area contributed by atoms with Gasteiger partial charge in [-0.3, -0.25) is 14.6 Å². The predicted octanol–water partition coefficient (Wildman–Crippen LogP) is 2.19. The second-order valence-electron chi connectivity index (χ2n) is 5.10. The van der Waals surface area contributed by atoms with E-state index in [0.29, 0.717) is 18.7 Å². The van der Waals surface area contributed by atoms with Crippen LogP contribution in [0.25, 0.3) is 0 Å². The number of alkyl halides is 3. The molecule has 21 heavy (non-hydrogen) atoms. The van der Waals surface area contributed by atoms with Crippen LogP contribution in [0.1, 0.15) is 10.4 Å². The Bertz CT molecular complexity index is 479. The summed E-state index contributed by atoms with van der Waals surface area (Å²) in [6, 6.07) is 5.26. The molecule has 1 fully saturated rings. The molecule has 3 nitrogen and oxygen atoms in total. The van der Waals surface area contributed by atoms with Crippen molar-refractivity contribution < 1.29 is 22.4 Å². The molecular weight excluding hydrogens is 288 g/mol. The smallest absolute Gasteiger partial charge is 0.293 e. The first-order valence-electron chi connectivity index (χ1n) is 6.64. The van der Waals surface area contributed by atoms with E-state index >= 15 is 0 Å². The Hall–Kier alpha value is -1.47. The third kappa shape index (κ3) is 5.09. The van der Waals surface area contributed by atoms with Gasteiger partial charge in [0.1, 0.15) is 5.82 Å². The summed E-state index contributed by atoms with van der Waals surface area (Å²) >= 11 is 0. The van der Waals surface area contributed by atoms with Crippen LogP contribution in [0.3, 0.4) is 0 Å². The number of piperazine rings is 1. The Morgan fingerprint density at radius 2 is 1.52 bits per heavy atom. The number of Topliss-reactive ketones (excluding diaryl/α,β-unsaturated/α-hetero) is 1. The normalized spacial score (nSPS) is 17.9. The van der Waals surface area contributed by atoms with Gasteiger partial charge in [-0.2, -0.15) is 13.2 Å². The van der Waals surface area contributed by atoms with Crippen LogP contribution in [0.2, 0.25) is 0 Å². The fourth-order valence-corrected chi connectivity index (χ4v) is 2.29. The van der Waals surface area contributed by atoms with Crippen molar-refractivity contribution in [2.45, 2.75) is 6.18 Å². The third-order valence-electron chi connectivity index (χ3n) is 3.40. The molecule has 0 aromatic heterocycles. The van der Waals surface area contributed by atoms with Gasteiger partial charge in [-0.15, -0.1) is 0 Å². The van der Waals surface area contributed by atoms with Gasteiger partial charge in [0.15, 0.2) is 5.78 Å². The van der Waals surface area contributed by atoms with Crippen molar-refractivity contribution in [2.75, 3.05) is 39.3 Å². The minimum Gasteiger partial charge on any atom is -0.293 e. The Labute approximate surface area is 120 Å². The minimum atomic E-state index is -4.19. The average Bonchev–Trinajstić information content (AvgIpc) is 2.40. The second-order valence-corrected chi connectivity index (χ2v) is 5.10. The number of benzene rings is 1. The highest BCUT2D eigenvalue weighted by Crippen LogP contribution is 2.17. The molecule has 0 atom stereocenters. The predicted molar refractivity (Wildman–Crippen MR) is 69.7 cm³/mol. The van der Waals surface area contributed by atoms with Crippen molar-refractivity contribution >= 4 is 5.78 Å². The Balaban J connectivity index is 1.80. The number of carbonyl (C=O) groups is 1. The molecule has 7 heteroatoms. The molecule has 0 bridgehead atoms. The van der Waals surface area contributed by atoms with Crippen LogP contribution in [0.4, 0.5) is 17.6 Å². The number of hydrogen-bond acceptors (Lipinski definition) is 3. The summed E-state index contributed by atoms with van der Waals surface area (Å²) in [5.74, 6) is -0.563. The van der Waals surface area contributed by atoms with Crippen LogP contribution in [0, 0.1) is 5.82 Å². The van der Waals surface area contributed by atoms with E-state index in [1.165, 1.54) is 29.2 Å². The molecule has 116 valence electrons. The molecule has 1 heterocycles. The number of ketones is 1. The van der Waals surface area contributed by atoms with E-state index in [1.807, 2.05) is 4.90 Å². The van der Waals surface area contributed by atoms with E-state index in [-0.39, 0.29) is 25.4 Å². The monoisotopic (exact) mass is 304 g/mol. The Morgan fingerprint density at radius 1 is 1.00 bits per heavy atom. The van der Waals surface area contributed by atoms with Gasteiger partial charge in [0.2, 0.25) is 0 Å². The first-order chi connectivity index (χ1) is 9.83. The highest BCUT2D eigenvalue weighted by Gasteiger charge is 2.32. The first kappa shape index (κ1) is 15.9. The van der Waals surface area contributed by atoms with Gasteiger partial charge in [0, 0.05) is 31.7 Å². The average molecular weight is 304 g/mol. The third-order valence-corrected chi connectivity index (χ3v) is 3.40. The van der Waals surface area contributed by atoms with Crippen molar-refractivity contribution in [2.24, 2.45) is 0 Å². The summed E-state index contributed by atoms with van der Waals surface area (Å²) in [6.45, 7) is 0.649. The quantitative estimate of drug-likeness (QED) is 0.629. The van der Waals surface area contributed by atoms with Gasteiger partial charge in [0.25, 0.3) is 0 Å². The first-order valence-corrected chi connectivity index (χ1v) is 6.64. The molecule has 0 N–H and O–H groups in total. The van der Waals surface area contributed by atoms with Crippen LogP contribution in [-0.2, 0) is 0 Å². The fraction of sp³-hybridized carbons (Fsp3) is 0.500. The van der Waals surface area contributed by atoms with E-state index in [4.69, 9.17) is 0 Å². The zero-order chi connectivity index (χ0) is 15.5. The molecular formula is C14H16F4N2O. The largest absolute Gasteiger partial charge is 0.401 e. The van der Waals surface area contributed by atoms with Crippen LogP contribution < -0.4 is 0 Å². The highest BCUT2D eigenvalue weighted by molar-refractivity contribution is 5.97. The molecule has 1 aromatic rings. The lowest BCUT2D eigenvalue weighted by Gasteiger charge is -2.34.